The van der Waals surface area contributed by atoms with E-state index in [1.165, 1.54) is 29.6 Å². The van der Waals surface area contributed by atoms with Crippen molar-refractivity contribution < 1.29 is 22.7 Å². The first-order valence-electron chi connectivity index (χ1n) is 8.83. The summed E-state index contributed by atoms with van der Waals surface area (Å²) in [5, 5.41) is 5.24. The van der Waals surface area contributed by atoms with Crippen LogP contribution in [0.5, 0.6) is 0 Å². The maximum absolute atomic E-state index is 12.6. The van der Waals surface area contributed by atoms with Crippen LogP contribution < -0.4 is 14.9 Å². The van der Waals surface area contributed by atoms with Gasteiger partial charge in [0.05, 0.1) is 29.1 Å². The Labute approximate surface area is 173 Å². The van der Waals surface area contributed by atoms with Gasteiger partial charge in [-0.1, -0.05) is 29.8 Å². The molecule has 2 aromatic rings. The smallest absolute Gasteiger partial charge is 0.339 e. The number of methoxy groups -OCH3 is 1. The van der Waals surface area contributed by atoms with Gasteiger partial charge >= 0.3 is 12.0 Å². The lowest BCUT2D eigenvalue weighted by atomic mass is 10.2. The zero-order chi connectivity index (χ0) is 21.0. The van der Waals surface area contributed by atoms with E-state index in [2.05, 4.69) is 15.4 Å². The van der Waals surface area contributed by atoms with Crippen molar-refractivity contribution >= 4 is 45.0 Å². The molecule has 29 heavy (non-hydrogen) atoms. The number of esters is 1. The monoisotopic (exact) mass is 437 g/mol. The van der Waals surface area contributed by atoms with E-state index in [-0.39, 0.29) is 22.9 Å². The summed E-state index contributed by atoms with van der Waals surface area (Å²) in [7, 11) is -2.33. The van der Waals surface area contributed by atoms with E-state index in [4.69, 9.17) is 11.6 Å². The Kier molecular flexibility index (Phi) is 6.29. The minimum atomic E-state index is -3.56. The third-order valence-electron chi connectivity index (χ3n) is 4.46. The molecule has 2 N–H and O–H groups in total. The zero-order valence-corrected chi connectivity index (χ0v) is 17.2. The van der Waals surface area contributed by atoms with Crippen LogP contribution in [-0.2, 0) is 21.2 Å². The Hall–Kier alpha value is -2.78. The molecule has 1 aliphatic heterocycles. The lowest BCUT2D eigenvalue weighted by Crippen LogP contribution is -2.38. The summed E-state index contributed by atoms with van der Waals surface area (Å²) in [4.78, 5) is 23.7. The molecule has 0 unspecified atom stereocenters. The van der Waals surface area contributed by atoms with E-state index >= 15 is 0 Å². The van der Waals surface area contributed by atoms with Crippen LogP contribution >= 0.6 is 11.6 Å². The fourth-order valence-corrected chi connectivity index (χ4v) is 4.67. The number of sulfonamides is 1. The molecule has 2 aromatic carbocycles. The van der Waals surface area contributed by atoms with Crippen LogP contribution in [0.4, 0.5) is 16.2 Å². The van der Waals surface area contributed by atoms with Gasteiger partial charge in [0.1, 0.15) is 0 Å². The van der Waals surface area contributed by atoms with Gasteiger partial charge in [-0.2, -0.15) is 0 Å². The van der Waals surface area contributed by atoms with Crippen LogP contribution in [0.1, 0.15) is 15.9 Å². The Morgan fingerprint density at radius 2 is 1.97 bits per heavy atom. The van der Waals surface area contributed by atoms with Crippen LogP contribution in [0, 0.1) is 0 Å². The molecule has 0 spiro atoms. The van der Waals surface area contributed by atoms with Crippen molar-refractivity contribution in [3.05, 3.63) is 58.6 Å². The van der Waals surface area contributed by atoms with Crippen molar-refractivity contribution in [2.24, 2.45) is 0 Å². The first-order valence-corrected chi connectivity index (χ1v) is 10.8. The van der Waals surface area contributed by atoms with Crippen molar-refractivity contribution in [2.75, 3.05) is 35.6 Å². The fourth-order valence-electron chi connectivity index (χ4n) is 3.05. The standard InChI is InChI=1S/C19H20ClN3O5S/c1-28-18(24)15-12-14(6-7-16(15)20)22-19(25)21-9-11-29(26,27)23-10-8-13-4-2-3-5-17(13)23/h2-7,12H,8-11H2,1H3,(H2,21,22,25). The lowest BCUT2D eigenvalue weighted by molar-refractivity contribution is 0.0601. The topological polar surface area (TPSA) is 105 Å². The first-order chi connectivity index (χ1) is 13.8. The lowest BCUT2D eigenvalue weighted by Gasteiger charge is -2.19. The first kappa shape index (κ1) is 20.9. The number of urea groups is 1. The number of halogens is 1. The van der Waals surface area contributed by atoms with E-state index in [0.717, 1.165) is 5.56 Å². The van der Waals surface area contributed by atoms with E-state index < -0.39 is 22.0 Å². The highest BCUT2D eigenvalue weighted by atomic mass is 35.5. The maximum Gasteiger partial charge on any atom is 0.339 e. The number of anilines is 2. The molecule has 10 heteroatoms. The second-order valence-corrected chi connectivity index (χ2v) is 8.75. The van der Waals surface area contributed by atoms with Crippen molar-refractivity contribution in [1.82, 2.24) is 5.32 Å². The van der Waals surface area contributed by atoms with Gasteiger partial charge in [0.25, 0.3) is 0 Å². The molecule has 0 aliphatic carbocycles. The van der Waals surface area contributed by atoms with E-state index in [0.29, 0.717) is 24.3 Å². The highest BCUT2D eigenvalue weighted by Crippen LogP contribution is 2.29. The minimum absolute atomic E-state index is 0.0652. The number of carbonyl (C=O) groups excluding carboxylic acids is 2. The Bertz CT molecular complexity index is 1040. The summed E-state index contributed by atoms with van der Waals surface area (Å²) in [5.41, 5.74) is 2.12. The number of rotatable bonds is 6. The van der Waals surface area contributed by atoms with Crippen LogP contribution in [-0.4, -0.2) is 46.4 Å². The van der Waals surface area contributed by atoms with Gasteiger partial charge in [0.2, 0.25) is 10.0 Å². The van der Waals surface area contributed by atoms with Crippen molar-refractivity contribution in [1.29, 1.82) is 0 Å². The molecule has 0 fully saturated rings. The van der Waals surface area contributed by atoms with Gasteiger partial charge < -0.3 is 15.4 Å². The number of carbonyl (C=O) groups is 2. The number of fused-ring (bicyclic) bond motifs is 1. The van der Waals surface area contributed by atoms with Crippen molar-refractivity contribution in [3.63, 3.8) is 0 Å². The maximum atomic E-state index is 12.6. The summed E-state index contributed by atoms with van der Waals surface area (Å²) in [5.74, 6) is -0.862. The van der Waals surface area contributed by atoms with Crippen LogP contribution in [0.25, 0.3) is 0 Å². The van der Waals surface area contributed by atoms with E-state index in [1.54, 1.807) is 12.1 Å². The van der Waals surface area contributed by atoms with Gasteiger partial charge in [-0.3, -0.25) is 4.31 Å². The number of nitrogens with one attached hydrogen (secondary N) is 2. The summed E-state index contributed by atoms with van der Waals surface area (Å²) < 4.78 is 31.2. The molecular weight excluding hydrogens is 418 g/mol. The number of ether oxygens (including phenoxy) is 1. The average molecular weight is 438 g/mol. The van der Waals surface area contributed by atoms with Gasteiger partial charge in [-0.05, 0) is 36.2 Å². The van der Waals surface area contributed by atoms with Gasteiger partial charge in [-0.25, -0.2) is 18.0 Å². The SMILES string of the molecule is COC(=O)c1cc(NC(=O)NCCS(=O)(=O)N2CCc3ccccc32)ccc1Cl. The number of nitrogens with zero attached hydrogens (tertiary/aromatic N) is 1. The van der Waals surface area contributed by atoms with Gasteiger partial charge in [-0.15, -0.1) is 0 Å². The second kappa shape index (κ2) is 8.71. The van der Waals surface area contributed by atoms with E-state index in [1.807, 2.05) is 12.1 Å². The highest BCUT2D eigenvalue weighted by molar-refractivity contribution is 7.92. The van der Waals surface area contributed by atoms with Gasteiger partial charge in [0.15, 0.2) is 0 Å². The number of amides is 2. The molecule has 1 heterocycles. The molecule has 0 saturated carbocycles. The Morgan fingerprint density at radius 1 is 1.21 bits per heavy atom. The summed E-state index contributed by atoms with van der Waals surface area (Å²) >= 11 is 5.94. The molecule has 0 radical (unpaired) electrons. The molecule has 0 bridgehead atoms. The van der Waals surface area contributed by atoms with Crippen molar-refractivity contribution in [2.45, 2.75) is 6.42 Å². The van der Waals surface area contributed by atoms with Crippen LogP contribution in [0.15, 0.2) is 42.5 Å². The molecule has 0 atom stereocenters. The molecule has 0 aromatic heterocycles. The summed E-state index contributed by atoms with van der Waals surface area (Å²) in [6.45, 7) is 0.333. The Balaban J connectivity index is 1.56. The van der Waals surface area contributed by atoms with Gasteiger partial charge in [0, 0.05) is 18.8 Å². The predicted octanol–water partition coefficient (Wildman–Crippen LogP) is 2.64. The zero-order valence-electron chi connectivity index (χ0n) is 15.6. The minimum Gasteiger partial charge on any atom is -0.465 e. The number of hydrogen-bond acceptors (Lipinski definition) is 5. The molecule has 8 nitrogen and oxygen atoms in total. The third-order valence-corrected chi connectivity index (χ3v) is 6.56. The number of para-hydroxylation sites is 1. The number of benzene rings is 2. The van der Waals surface area contributed by atoms with Crippen molar-refractivity contribution in [3.8, 4) is 0 Å². The number of hydrogen-bond donors (Lipinski definition) is 2. The molecular formula is C19H20ClN3O5S. The normalized spacial score (nSPS) is 13.0. The van der Waals surface area contributed by atoms with E-state index in [9.17, 15) is 18.0 Å². The molecule has 1 aliphatic rings. The molecule has 154 valence electrons. The largest absolute Gasteiger partial charge is 0.465 e. The fraction of sp³-hybridized carbons (Fsp3) is 0.263. The molecule has 0 saturated heterocycles. The quantitative estimate of drug-likeness (QED) is 0.676. The van der Waals surface area contributed by atoms with Crippen LogP contribution in [0.2, 0.25) is 5.02 Å². The molecule has 3 rings (SSSR count). The Morgan fingerprint density at radius 3 is 2.72 bits per heavy atom. The van der Waals surface area contributed by atoms with Crippen LogP contribution in [0.3, 0.4) is 0 Å². The summed E-state index contributed by atoms with van der Waals surface area (Å²) in [6.07, 6.45) is 0.669. The molecule has 2 amide bonds. The third kappa shape index (κ3) is 4.80. The highest BCUT2D eigenvalue weighted by Gasteiger charge is 2.28. The second-order valence-electron chi connectivity index (χ2n) is 6.33. The average Bonchev–Trinajstić information content (AvgIpc) is 3.14. The predicted molar refractivity (Wildman–Crippen MR) is 111 cm³/mol. The summed E-state index contributed by atoms with van der Waals surface area (Å²) in [6, 6.07) is 11.1.